The molecule has 0 bridgehead atoms. The van der Waals surface area contributed by atoms with Crippen molar-refractivity contribution >= 4 is 43.2 Å². The third-order valence-corrected chi connectivity index (χ3v) is 5.16. The van der Waals surface area contributed by atoms with E-state index in [9.17, 15) is 0 Å². The summed E-state index contributed by atoms with van der Waals surface area (Å²) in [7, 11) is 0. The lowest BCUT2D eigenvalue weighted by molar-refractivity contribution is 0.560. The van der Waals surface area contributed by atoms with Gasteiger partial charge in [-0.15, -0.1) is 11.3 Å². The monoisotopic (exact) mass is 349 g/mol. The molecule has 0 unspecified atom stereocenters. The van der Waals surface area contributed by atoms with E-state index in [2.05, 4.69) is 43.2 Å². The first kappa shape index (κ1) is 11.4. The van der Waals surface area contributed by atoms with Crippen molar-refractivity contribution in [3.63, 3.8) is 0 Å². The lowest BCUT2D eigenvalue weighted by Crippen LogP contribution is -2.10. The third kappa shape index (κ3) is 3.17. The highest BCUT2D eigenvalue weighted by atomic mass is 79.9. The molecule has 2 aromatic heterocycles. The Hall–Kier alpha value is -0.100. The van der Waals surface area contributed by atoms with Crippen molar-refractivity contribution in [1.29, 1.82) is 0 Å². The molecule has 15 heavy (non-hydrogen) atoms. The fourth-order valence-electron chi connectivity index (χ4n) is 1.20. The Morgan fingerprint density at radius 2 is 2.20 bits per heavy atom. The van der Waals surface area contributed by atoms with Crippen molar-refractivity contribution in [2.75, 3.05) is 0 Å². The van der Waals surface area contributed by atoms with Crippen LogP contribution in [-0.2, 0) is 13.1 Å². The molecule has 0 spiro atoms. The number of nitrogens with one attached hydrogen (secondary N) is 1. The van der Waals surface area contributed by atoms with Crippen molar-refractivity contribution < 1.29 is 4.42 Å². The molecule has 2 heterocycles. The molecule has 0 aliphatic carbocycles. The van der Waals surface area contributed by atoms with Crippen LogP contribution in [0.25, 0.3) is 0 Å². The standard InChI is InChI=1S/C10H9Br2NOS/c11-9-3-8(15-10(9)12)5-13-4-7-1-2-14-6-7/h1-3,6,13H,4-5H2. The number of furan rings is 1. The maximum absolute atomic E-state index is 4.99. The van der Waals surface area contributed by atoms with Crippen LogP contribution in [0.5, 0.6) is 0 Å². The Morgan fingerprint density at radius 1 is 1.33 bits per heavy atom. The van der Waals surface area contributed by atoms with Crippen LogP contribution < -0.4 is 5.32 Å². The molecular weight excluding hydrogens is 342 g/mol. The Labute approximate surface area is 109 Å². The third-order valence-electron chi connectivity index (χ3n) is 1.90. The van der Waals surface area contributed by atoms with Gasteiger partial charge in [-0.3, -0.25) is 0 Å². The Balaban J connectivity index is 1.83. The van der Waals surface area contributed by atoms with Gasteiger partial charge in [-0.2, -0.15) is 0 Å². The number of hydrogen-bond donors (Lipinski definition) is 1. The zero-order chi connectivity index (χ0) is 10.7. The van der Waals surface area contributed by atoms with Crippen molar-refractivity contribution in [3.8, 4) is 0 Å². The highest BCUT2D eigenvalue weighted by Gasteiger charge is 2.03. The van der Waals surface area contributed by atoms with Gasteiger partial charge in [0, 0.05) is 28.0 Å². The zero-order valence-corrected chi connectivity index (χ0v) is 11.8. The Bertz CT molecular complexity index is 405. The number of halogens is 2. The Kier molecular flexibility index (Phi) is 4.02. The van der Waals surface area contributed by atoms with E-state index >= 15 is 0 Å². The summed E-state index contributed by atoms with van der Waals surface area (Å²) in [5.74, 6) is 0. The Morgan fingerprint density at radius 3 is 2.80 bits per heavy atom. The van der Waals surface area contributed by atoms with Gasteiger partial charge in [0.2, 0.25) is 0 Å². The van der Waals surface area contributed by atoms with Gasteiger partial charge in [-0.05, 0) is 44.0 Å². The first-order chi connectivity index (χ1) is 7.25. The van der Waals surface area contributed by atoms with Crippen molar-refractivity contribution in [2.45, 2.75) is 13.1 Å². The first-order valence-corrected chi connectivity index (χ1v) is 6.81. The molecule has 2 nitrogen and oxygen atoms in total. The zero-order valence-electron chi connectivity index (χ0n) is 7.80. The summed E-state index contributed by atoms with van der Waals surface area (Å²) in [6.45, 7) is 1.71. The highest BCUT2D eigenvalue weighted by molar-refractivity contribution is 9.13. The van der Waals surface area contributed by atoms with Gasteiger partial charge in [-0.25, -0.2) is 0 Å². The smallest absolute Gasteiger partial charge is 0.0947 e. The summed E-state index contributed by atoms with van der Waals surface area (Å²) in [5, 5.41) is 3.35. The van der Waals surface area contributed by atoms with Gasteiger partial charge in [0.1, 0.15) is 0 Å². The fourth-order valence-corrected chi connectivity index (χ4v) is 3.35. The van der Waals surface area contributed by atoms with E-state index in [1.54, 1.807) is 23.9 Å². The van der Waals surface area contributed by atoms with Crippen LogP contribution in [-0.4, -0.2) is 0 Å². The second-order valence-electron chi connectivity index (χ2n) is 3.07. The minimum absolute atomic E-state index is 0.837. The minimum atomic E-state index is 0.837. The molecule has 0 amide bonds. The summed E-state index contributed by atoms with van der Waals surface area (Å²) < 4.78 is 7.25. The largest absolute Gasteiger partial charge is 0.472 e. The molecule has 1 N–H and O–H groups in total. The normalized spacial score (nSPS) is 10.8. The molecule has 0 atom stereocenters. The molecule has 0 aliphatic heterocycles. The van der Waals surface area contributed by atoms with Gasteiger partial charge < -0.3 is 9.73 Å². The van der Waals surface area contributed by atoms with E-state index in [0.717, 1.165) is 21.3 Å². The van der Waals surface area contributed by atoms with E-state index < -0.39 is 0 Å². The van der Waals surface area contributed by atoms with Gasteiger partial charge in [0.25, 0.3) is 0 Å². The predicted molar refractivity (Wildman–Crippen MR) is 69.0 cm³/mol. The van der Waals surface area contributed by atoms with Crippen LogP contribution in [0.3, 0.4) is 0 Å². The molecule has 0 fully saturated rings. The number of rotatable bonds is 4. The van der Waals surface area contributed by atoms with Crippen LogP contribution in [0.2, 0.25) is 0 Å². The van der Waals surface area contributed by atoms with Crippen molar-refractivity contribution in [2.24, 2.45) is 0 Å². The molecule has 5 heteroatoms. The van der Waals surface area contributed by atoms with E-state index in [4.69, 9.17) is 4.42 Å². The molecule has 0 radical (unpaired) electrons. The summed E-state index contributed by atoms with van der Waals surface area (Å²) in [6, 6.07) is 4.09. The summed E-state index contributed by atoms with van der Waals surface area (Å²) >= 11 is 8.68. The van der Waals surface area contributed by atoms with Crippen molar-refractivity contribution in [3.05, 3.63) is 43.4 Å². The van der Waals surface area contributed by atoms with E-state index in [1.807, 2.05) is 6.07 Å². The van der Waals surface area contributed by atoms with Crippen LogP contribution in [0.1, 0.15) is 10.4 Å². The summed E-state index contributed by atoms with van der Waals surface area (Å²) in [6.07, 6.45) is 3.45. The molecule has 0 saturated carbocycles. The summed E-state index contributed by atoms with van der Waals surface area (Å²) in [5.41, 5.74) is 1.17. The highest BCUT2D eigenvalue weighted by Crippen LogP contribution is 2.32. The average molecular weight is 351 g/mol. The van der Waals surface area contributed by atoms with Crippen LogP contribution >= 0.6 is 43.2 Å². The first-order valence-electron chi connectivity index (χ1n) is 4.41. The van der Waals surface area contributed by atoms with Gasteiger partial charge >= 0.3 is 0 Å². The van der Waals surface area contributed by atoms with Crippen LogP contribution in [0.15, 0.2) is 37.3 Å². The van der Waals surface area contributed by atoms with Gasteiger partial charge in [-0.1, -0.05) is 0 Å². The molecular formula is C10H9Br2NOS. The molecule has 2 aromatic rings. The minimum Gasteiger partial charge on any atom is -0.472 e. The second kappa shape index (κ2) is 5.30. The average Bonchev–Trinajstić information content (AvgIpc) is 2.79. The summed E-state index contributed by atoms with van der Waals surface area (Å²) in [4.78, 5) is 1.30. The molecule has 2 rings (SSSR count). The van der Waals surface area contributed by atoms with E-state index in [0.29, 0.717) is 0 Å². The predicted octanol–water partition coefficient (Wildman–Crippen LogP) is 4.16. The van der Waals surface area contributed by atoms with Crippen LogP contribution in [0.4, 0.5) is 0 Å². The van der Waals surface area contributed by atoms with Crippen molar-refractivity contribution in [1.82, 2.24) is 5.32 Å². The SMILES string of the molecule is Brc1cc(CNCc2ccoc2)sc1Br. The molecule has 0 aliphatic rings. The lowest BCUT2D eigenvalue weighted by atomic mass is 10.3. The molecule has 0 aromatic carbocycles. The topological polar surface area (TPSA) is 25.2 Å². The van der Waals surface area contributed by atoms with E-state index in [-0.39, 0.29) is 0 Å². The maximum atomic E-state index is 4.99. The molecule has 80 valence electrons. The van der Waals surface area contributed by atoms with Gasteiger partial charge in [0.15, 0.2) is 0 Å². The molecule has 0 saturated heterocycles. The second-order valence-corrected chi connectivity index (χ2v) is 6.38. The van der Waals surface area contributed by atoms with Crippen LogP contribution in [0, 0.1) is 0 Å². The van der Waals surface area contributed by atoms with Gasteiger partial charge in [0.05, 0.1) is 16.3 Å². The maximum Gasteiger partial charge on any atom is 0.0947 e. The fraction of sp³-hybridized carbons (Fsp3) is 0.200. The quantitative estimate of drug-likeness (QED) is 0.895. The number of thiophene rings is 1. The lowest BCUT2D eigenvalue weighted by Gasteiger charge is -1.99. The number of hydrogen-bond acceptors (Lipinski definition) is 3. The van der Waals surface area contributed by atoms with E-state index in [1.165, 1.54) is 10.4 Å².